The van der Waals surface area contributed by atoms with E-state index < -0.39 is 10.0 Å². The summed E-state index contributed by atoms with van der Waals surface area (Å²) in [5, 5.41) is 7.91. The number of amides is 1. The average molecular weight is 284 g/mol. The third-order valence-electron chi connectivity index (χ3n) is 2.88. The maximum atomic E-state index is 12.1. The Hall–Kier alpha value is -1.40. The summed E-state index contributed by atoms with van der Waals surface area (Å²) in [5.41, 5.74) is 1.06. The number of hydrogen-bond acceptors (Lipinski definition) is 3. The number of nitrogens with two attached hydrogens (primary N) is 1. The molecule has 1 aromatic carbocycles. The van der Waals surface area contributed by atoms with E-state index in [0.29, 0.717) is 11.1 Å². The van der Waals surface area contributed by atoms with Crippen molar-refractivity contribution >= 4 is 15.9 Å². The molecule has 0 bridgehead atoms. The minimum absolute atomic E-state index is 0.0496. The second kappa shape index (κ2) is 6.16. The third kappa shape index (κ3) is 4.33. The van der Waals surface area contributed by atoms with Crippen molar-refractivity contribution in [3.05, 3.63) is 29.3 Å². The first-order chi connectivity index (χ1) is 8.75. The zero-order valence-corrected chi connectivity index (χ0v) is 12.3. The molecule has 0 aliphatic heterocycles. The number of sulfonamides is 1. The Morgan fingerprint density at radius 1 is 1.42 bits per heavy atom. The Bertz CT molecular complexity index is 567. The summed E-state index contributed by atoms with van der Waals surface area (Å²) in [4.78, 5) is 12.0. The highest BCUT2D eigenvalue weighted by atomic mass is 32.2. The van der Waals surface area contributed by atoms with Crippen LogP contribution in [0.5, 0.6) is 0 Å². The molecule has 6 heteroatoms. The van der Waals surface area contributed by atoms with E-state index in [0.717, 1.165) is 12.8 Å². The quantitative estimate of drug-likeness (QED) is 0.860. The van der Waals surface area contributed by atoms with E-state index in [9.17, 15) is 13.2 Å². The van der Waals surface area contributed by atoms with Crippen LogP contribution in [0.15, 0.2) is 23.1 Å². The summed E-state index contributed by atoms with van der Waals surface area (Å²) in [5.74, 6) is -0.274. The molecular formula is C13H20N2O3S. The molecule has 0 saturated heterocycles. The van der Waals surface area contributed by atoms with Gasteiger partial charge in [0.25, 0.3) is 5.91 Å². The molecule has 1 rings (SSSR count). The second-order valence-electron chi connectivity index (χ2n) is 4.68. The van der Waals surface area contributed by atoms with Crippen LogP contribution in [0, 0.1) is 6.92 Å². The van der Waals surface area contributed by atoms with Gasteiger partial charge >= 0.3 is 0 Å². The molecular weight excluding hydrogens is 264 g/mol. The Labute approximate surface area is 114 Å². The lowest BCUT2D eigenvalue weighted by molar-refractivity contribution is 0.0937. The minimum atomic E-state index is -3.79. The summed E-state index contributed by atoms with van der Waals surface area (Å²) in [6, 6.07) is 4.35. The number of rotatable bonds is 5. The van der Waals surface area contributed by atoms with Gasteiger partial charge in [0, 0.05) is 11.6 Å². The van der Waals surface area contributed by atoms with E-state index in [1.54, 1.807) is 13.0 Å². The Balaban J connectivity index is 3.03. The van der Waals surface area contributed by atoms with E-state index in [1.165, 1.54) is 12.1 Å². The fraction of sp³-hybridized carbons (Fsp3) is 0.462. The zero-order valence-electron chi connectivity index (χ0n) is 11.4. The fourth-order valence-corrected chi connectivity index (χ4v) is 2.37. The molecule has 0 aliphatic carbocycles. The molecule has 3 N–H and O–H groups in total. The molecule has 0 fully saturated rings. The lowest BCUT2D eigenvalue weighted by atomic mass is 10.1. The molecule has 0 heterocycles. The number of aryl methyl sites for hydroxylation is 1. The molecule has 106 valence electrons. The molecule has 5 nitrogen and oxygen atoms in total. The van der Waals surface area contributed by atoms with Crippen molar-refractivity contribution in [1.29, 1.82) is 0 Å². The van der Waals surface area contributed by atoms with E-state index in [2.05, 4.69) is 5.32 Å². The van der Waals surface area contributed by atoms with Crippen LogP contribution in [0.1, 0.15) is 42.6 Å². The fourth-order valence-electron chi connectivity index (χ4n) is 1.83. The standard InChI is InChI=1S/C13H20N2O3S/c1-4-5-10(3)15-13(16)12-8-11(19(14,17)18)7-6-9(12)2/h6-8,10H,4-5H2,1-3H3,(H,15,16)(H2,14,17,18)/t10-/m0/s1. The largest absolute Gasteiger partial charge is 0.350 e. The van der Waals surface area contributed by atoms with Crippen LogP contribution >= 0.6 is 0 Å². The molecule has 1 aromatic rings. The molecule has 1 amide bonds. The Morgan fingerprint density at radius 2 is 2.05 bits per heavy atom. The molecule has 0 aliphatic rings. The van der Waals surface area contributed by atoms with Gasteiger partial charge in [0.05, 0.1) is 4.90 Å². The maximum absolute atomic E-state index is 12.1. The van der Waals surface area contributed by atoms with Gasteiger partial charge in [0.2, 0.25) is 10.0 Å². The summed E-state index contributed by atoms with van der Waals surface area (Å²) in [6.45, 7) is 5.71. The predicted octanol–water partition coefficient (Wildman–Crippen LogP) is 1.56. The summed E-state index contributed by atoms with van der Waals surface area (Å²) in [6.07, 6.45) is 1.84. The van der Waals surface area contributed by atoms with Crippen LogP contribution in [-0.2, 0) is 10.0 Å². The SMILES string of the molecule is CCC[C@H](C)NC(=O)c1cc(S(N)(=O)=O)ccc1C. The van der Waals surface area contributed by atoms with Crippen LogP contribution in [0.3, 0.4) is 0 Å². The van der Waals surface area contributed by atoms with Crippen LogP contribution < -0.4 is 10.5 Å². The van der Waals surface area contributed by atoms with Crippen molar-refractivity contribution in [2.75, 3.05) is 0 Å². The molecule has 0 saturated carbocycles. The van der Waals surface area contributed by atoms with Crippen molar-refractivity contribution in [3.63, 3.8) is 0 Å². The monoisotopic (exact) mass is 284 g/mol. The van der Waals surface area contributed by atoms with Crippen molar-refractivity contribution < 1.29 is 13.2 Å². The normalized spacial score (nSPS) is 13.1. The molecule has 19 heavy (non-hydrogen) atoms. The van der Waals surface area contributed by atoms with Gasteiger partial charge in [-0.1, -0.05) is 19.4 Å². The van der Waals surface area contributed by atoms with E-state index in [4.69, 9.17) is 5.14 Å². The lowest BCUT2D eigenvalue weighted by Gasteiger charge is -2.14. The molecule has 0 unspecified atom stereocenters. The van der Waals surface area contributed by atoms with Gasteiger partial charge in [-0.2, -0.15) is 0 Å². The highest BCUT2D eigenvalue weighted by Gasteiger charge is 2.15. The first-order valence-electron chi connectivity index (χ1n) is 6.20. The molecule has 0 radical (unpaired) electrons. The van der Waals surface area contributed by atoms with Crippen molar-refractivity contribution in [3.8, 4) is 0 Å². The van der Waals surface area contributed by atoms with Gasteiger partial charge < -0.3 is 5.32 Å². The van der Waals surface area contributed by atoms with Gasteiger partial charge in [-0.15, -0.1) is 0 Å². The summed E-state index contributed by atoms with van der Waals surface area (Å²) >= 11 is 0. The number of carbonyl (C=O) groups excluding carboxylic acids is 1. The number of primary sulfonamides is 1. The van der Waals surface area contributed by atoms with Crippen LogP contribution in [0.25, 0.3) is 0 Å². The average Bonchev–Trinajstić information content (AvgIpc) is 2.27. The van der Waals surface area contributed by atoms with E-state index in [1.807, 2.05) is 13.8 Å². The first kappa shape index (κ1) is 15.7. The molecule has 0 spiro atoms. The highest BCUT2D eigenvalue weighted by molar-refractivity contribution is 7.89. The lowest BCUT2D eigenvalue weighted by Crippen LogP contribution is -2.33. The van der Waals surface area contributed by atoms with Crippen LogP contribution in [0.2, 0.25) is 0 Å². The van der Waals surface area contributed by atoms with Crippen LogP contribution in [0.4, 0.5) is 0 Å². The van der Waals surface area contributed by atoms with Gasteiger partial charge in [-0.3, -0.25) is 4.79 Å². The Kier molecular flexibility index (Phi) is 5.08. The Morgan fingerprint density at radius 3 is 2.58 bits per heavy atom. The van der Waals surface area contributed by atoms with Gasteiger partial charge in [0.15, 0.2) is 0 Å². The topological polar surface area (TPSA) is 89.3 Å². The number of carbonyl (C=O) groups is 1. The van der Waals surface area contributed by atoms with Crippen molar-refractivity contribution in [2.45, 2.75) is 44.6 Å². The minimum Gasteiger partial charge on any atom is -0.350 e. The predicted molar refractivity (Wildman–Crippen MR) is 74.4 cm³/mol. The van der Waals surface area contributed by atoms with Gasteiger partial charge in [-0.05, 0) is 38.0 Å². The van der Waals surface area contributed by atoms with Crippen LogP contribution in [-0.4, -0.2) is 20.4 Å². The van der Waals surface area contributed by atoms with E-state index >= 15 is 0 Å². The number of nitrogens with one attached hydrogen (secondary N) is 1. The van der Waals surface area contributed by atoms with E-state index in [-0.39, 0.29) is 16.8 Å². The summed E-state index contributed by atoms with van der Waals surface area (Å²) in [7, 11) is -3.79. The zero-order chi connectivity index (χ0) is 14.6. The molecule has 0 aromatic heterocycles. The second-order valence-corrected chi connectivity index (χ2v) is 6.25. The van der Waals surface area contributed by atoms with Gasteiger partial charge in [-0.25, -0.2) is 13.6 Å². The molecule has 1 atom stereocenters. The highest BCUT2D eigenvalue weighted by Crippen LogP contribution is 2.15. The summed E-state index contributed by atoms with van der Waals surface area (Å²) < 4.78 is 22.6. The first-order valence-corrected chi connectivity index (χ1v) is 7.74. The van der Waals surface area contributed by atoms with Crippen molar-refractivity contribution in [2.24, 2.45) is 5.14 Å². The van der Waals surface area contributed by atoms with Crippen molar-refractivity contribution in [1.82, 2.24) is 5.32 Å². The number of benzene rings is 1. The maximum Gasteiger partial charge on any atom is 0.251 e. The third-order valence-corrected chi connectivity index (χ3v) is 3.79. The van der Waals surface area contributed by atoms with Gasteiger partial charge in [0.1, 0.15) is 0 Å². The smallest absolute Gasteiger partial charge is 0.251 e. The number of hydrogen-bond donors (Lipinski definition) is 2.